The van der Waals surface area contributed by atoms with Gasteiger partial charge in [-0.15, -0.1) is 0 Å². The van der Waals surface area contributed by atoms with Crippen LogP contribution in [0.15, 0.2) is 53.3 Å². The molecule has 21 heavy (non-hydrogen) atoms. The summed E-state index contributed by atoms with van der Waals surface area (Å²) in [5.74, 6) is 0.509. The van der Waals surface area contributed by atoms with E-state index in [2.05, 4.69) is 9.97 Å². The quantitative estimate of drug-likeness (QED) is 0.773. The van der Waals surface area contributed by atoms with Crippen molar-refractivity contribution in [3.63, 3.8) is 0 Å². The topological polar surface area (TPSA) is 71.8 Å². The molecule has 0 aliphatic carbocycles. The van der Waals surface area contributed by atoms with Crippen LogP contribution in [0, 0.1) is 6.92 Å². The number of hydrogen-bond donors (Lipinski definition) is 2. The molecule has 2 aromatic carbocycles. The Hall–Kier alpha value is -2.46. The van der Waals surface area contributed by atoms with E-state index < -0.39 is 0 Å². The highest BCUT2D eigenvalue weighted by Crippen LogP contribution is 2.21. The molecule has 3 rings (SSSR count). The summed E-state index contributed by atoms with van der Waals surface area (Å²) in [5, 5.41) is 0.614. The first-order chi connectivity index (χ1) is 10.2. The highest BCUT2D eigenvalue weighted by atomic mass is 16.1. The smallest absolute Gasteiger partial charge is 0.258 e. The Morgan fingerprint density at radius 2 is 1.95 bits per heavy atom. The Kier molecular flexibility index (Phi) is 3.54. The maximum Gasteiger partial charge on any atom is 0.258 e. The highest BCUT2D eigenvalue weighted by Gasteiger charge is 2.16. The van der Waals surface area contributed by atoms with Crippen molar-refractivity contribution in [3.05, 3.63) is 75.8 Å². The van der Waals surface area contributed by atoms with E-state index in [1.807, 2.05) is 55.5 Å². The molecule has 3 N–H and O–H groups in total. The average Bonchev–Trinajstić information content (AvgIpc) is 2.50. The Bertz CT molecular complexity index is 824. The summed E-state index contributed by atoms with van der Waals surface area (Å²) in [7, 11) is 0. The maximum absolute atomic E-state index is 12.3. The molecule has 0 fully saturated rings. The monoisotopic (exact) mass is 279 g/mol. The normalized spacial score (nSPS) is 12.5. The third kappa shape index (κ3) is 2.58. The summed E-state index contributed by atoms with van der Waals surface area (Å²) in [6.07, 6.45) is 0. The number of nitrogens with two attached hydrogens (primary N) is 1. The van der Waals surface area contributed by atoms with Gasteiger partial charge in [-0.2, -0.15) is 0 Å². The molecule has 0 aliphatic heterocycles. The molecular weight excluding hydrogens is 262 g/mol. The first kappa shape index (κ1) is 13.5. The zero-order valence-electron chi connectivity index (χ0n) is 11.8. The first-order valence-electron chi connectivity index (χ1n) is 6.94. The molecule has 106 valence electrons. The molecule has 1 heterocycles. The van der Waals surface area contributed by atoms with Crippen LogP contribution in [0.1, 0.15) is 22.9 Å². The van der Waals surface area contributed by atoms with Crippen molar-refractivity contribution in [1.82, 2.24) is 9.97 Å². The molecule has 1 atom stereocenters. The third-order valence-electron chi connectivity index (χ3n) is 3.65. The summed E-state index contributed by atoms with van der Waals surface area (Å²) in [5.41, 5.74) is 8.57. The van der Waals surface area contributed by atoms with Gasteiger partial charge in [-0.3, -0.25) is 4.79 Å². The fourth-order valence-corrected chi connectivity index (χ4v) is 2.53. The molecule has 0 spiro atoms. The fraction of sp³-hybridized carbons (Fsp3) is 0.176. The minimum Gasteiger partial charge on any atom is -0.329 e. The van der Waals surface area contributed by atoms with Gasteiger partial charge in [0, 0.05) is 6.54 Å². The van der Waals surface area contributed by atoms with Crippen LogP contribution in [-0.2, 0) is 0 Å². The number of H-pyrrole nitrogens is 1. The Balaban J connectivity index is 2.16. The molecule has 0 radical (unpaired) electrons. The molecule has 0 aliphatic rings. The van der Waals surface area contributed by atoms with Gasteiger partial charge in [0.15, 0.2) is 0 Å². The van der Waals surface area contributed by atoms with Crippen molar-refractivity contribution in [2.24, 2.45) is 5.73 Å². The second kappa shape index (κ2) is 5.50. The summed E-state index contributed by atoms with van der Waals surface area (Å²) in [6.45, 7) is 2.35. The number of aromatic amines is 1. The van der Waals surface area contributed by atoms with Crippen LogP contribution in [0.3, 0.4) is 0 Å². The van der Waals surface area contributed by atoms with Crippen LogP contribution < -0.4 is 11.3 Å². The van der Waals surface area contributed by atoms with Gasteiger partial charge in [-0.05, 0) is 24.6 Å². The van der Waals surface area contributed by atoms with Crippen LogP contribution in [0.2, 0.25) is 0 Å². The van der Waals surface area contributed by atoms with Gasteiger partial charge in [0.25, 0.3) is 5.56 Å². The fourth-order valence-electron chi connectivity index (χ4n) is 2.53. The van der Waals surface area contributed by atoms with Crippen molar-refractivity contribution >= 4 is 10.9 Å². The second-order valence-electron chi connectivity index (χ2n) is 5.17. The standard InChI is InChI=1S/C17H17N3O/c1-11-7-8-15-13(9-11)17(21)20-16(19-15)14(10-18)12-5-3-2-4-6-12/h2-9,14H,10,18H2,1H3,(H,19,20,21). The SMILES string of the molecule is Cc1ccc2nc(C(CN)c3ccccc3)[nH]c(=O)c2c1. The number of benzene rings is 2. The van der Waals surface area contributed by atoms with Crippen molar-refractivity contribution in [3.8, 4) is 0 Å². The predicted molar refractivity (Wildman–Crippen MR) is 84.4 cm³/mol. The van der Waals surface area contributed by atoms with Gasteiger partial charge >= 0.3 is 0 Å². The molecule has 3 aromatic rings. The van der Waals surface area contributed by atoms with E-state index in [4.69, 9.17) is 5.73 Å². The summed E-state index contributed by atoms with van der Waals surface area (Å²) in [6, 6.07) is 15.6. The van der Waals surface area contributed by atoms with Gasteiger partial charge in [-0.1, -0.05) is 42.0 Å². The molecule has 1 unspecified atom stereocenters. The van der Waals surface area contributed by atoms with Crippen molar-refractivity contribution in [2.75, 3.05) is 6.54 Å². The number of nitrogens with one attached hydrogen (secondary N) is 1. The van der Waals surface area contributed by atoms with Gasteiger partial charge in [0.05, 0.1) is 16.8 Å². The van der Waals surface area contributed by atoms with E-state index in [0.29, 0.717) is 23.3 Å². The lowest BCUT2D eigenvalue weighted by atomic mass is 9.98. The van der Waals surface area contributed by atoms with Gasteiger partial charge in [0.1, 0.15) is 5.82 Å². The average molecular weight is 279 g/mol. The Morgan fingerprint density at radius 3 is 2.67 bits per heavy atom. The summed E-state index contributed by atoms with van der Waals surface area (Å²) in [4.78, 5) is 19.7. The van der Waals surface area contributed by atoms with Gasteiger partial charge in [0.2, 0.25) is 0 Å². The lowest BCUT2D eigenvalue weighted by Gasteiger charge is -2.15. The van der Waals surface area contributed by atoms with E-state index in [1.165, 1.54) is 0 Å². The third-order valence-corrected chi connectivity index (χ3v) is 3.65. The predicted octanol–water partition coefficient (Wildman–Crippen LogP) is 2.32. The number of rotatable bonds is 3. The van der Waals surface area contributed by atoms with Crippen molar-refractivity contribution < 1.29 is 0 Å². The number of nitrogens with zero attached hydrogens (tertiary/aromatic N) is 1. The lowest BCUT2D eigenvalue weighted by molar-refractivity contribution is 0.751. The zero-order valence-corrected chi connectivity index (χ0v) is 11.8. The van der Waals surface area contributed by atoms with Crippen molar-refractivity contribution in [2.45, 2.75) is 12.8 Å². The molecule has 0 amide bonds. The van der Waals surface area contributed by atoms with Crippen LogP contribution in [0.4, 0.5) is 0 Å². The first-order valence-corrected chi connectivity index (χ1v) is 6.94. The van der Waals surface area contributed by atoms with E-state index in [0.717, 1.165) is 11.1 Å². The highest BCUT2D eigenvalue weighted by molar-refractivity contribution is 5.78. The van der Waals surface area contributed by atoms with Crippen LogP contribution in [-0.4, -0.2) is 16.5 Å². The number of aromatic nitrogens is 2. The minimum atomic E-state index is -0.118. The second-order valence-corrected chi connectivity index (χ2v) is 5.17. The largest absolute Gasteiger partial charge is 0.329 e. The van der Waals surface area contributed by atoms with E-state index >= 15 is 0 Å². The molecule has 1 aromatic heterocycles. The maximum atomic E-state index is 12.3. The van der Waals surface area contributed by atoms with E-state index in [9.17, 15) is 4.79 Å². The summed E-state index contributed by atoms with van der Waals surface area (Å²) >= 11 is 0. The van der Waals surface area contributed by atoms with Crippen LogP contribution in [0.5, 0.6) is 0 Å². The molecule has 4 heteroatoms. The zero-order chi connectivity index (χ0) is 14.8. The summed E-state index contributed by atoms with van der Waals surface area (Å²) < 4.78 is 0. The Morgan fingerprint density at radius 1 is 1.19 bits per heavy atom. The molecule has 0 saturated heterocycles. The minimum absolute atomic E-state index is 0.107. The Labute approximate surface area is 122 Å². The van der Waals surface area contributed by atoms with Crippen molar-refractivity contribution in [1.29, 1.82) is 0 Å². The van der Waals surface area contributed by atoms with E-state index in [1.54, 1.807) is 0 Å². The van der Waals surface area contributed by atoms with Gasteiger partial charge < -0.3 is 10.7 Å². The van der Waals surface area contributed by atoms with E-state index in [-0.39, 0.29) is 11.5 Å². The number of fused-ring (bicyclic) bond motifs is 1. The molecular formula is C17H17N3O. The number of hydrogen-bond acceptors (Lipinski definition) is 3. The van der Waals surface area contributed by atoms with Gasteiger partial charge in [-0.25, -0.2) is 4.98 Å². The molecule has 0 bridgehead atoms. The molecule has 0 saturated carbocycles. The lowest BCUT2D eigenvalue weighted by Crippen LogP contribution is -2.21. The number of aryl methyl sites for hydroxylation is 1. The van der Waals surface area contributed by atoms with Crippen LogP contribution >= 0.6 is 0 Å². The molecule has 4 nitrogen and oxygen atoms in total. The van der Waals surface area contributed by atoms with Crippen LogP contribution in [0.25, 0.3) is 10.9 Å².